The molecule has 3 aliphatic rings. The van der Waals surface area contributed by atoms with Crippen LogP contribution in [0.4, 0.5) is 38.9 Å². The molecule has 6 aromatic heterocycles. The lowest BCUT2D eigenvalue weighted by Crippen LogP contribution is -2.18. The maximum Gasteiger partial charge on any atom is 0.261 e. The summed E-state index contributed by atoms with van der Waals surface area (Å²) >= 11 is 0. The Morgan fingerprint density at radius 2 is 0.750 bits per heavy atom. The van der Waals surface area contributed by atoms with Crippen LogP contribution in [-0.4, -0.2) is 139 Å². The predicted molar refractivity (Wildman–Crippen MR) is 420 cm³/mol. The van der Waals surface area contributed by atoms with Gasteiger partial charge in [-0.05, 0) is 147 Å². The van der Waals surface area contributed by atoms with Crippen molar-refractivity contribution >= 4 is 84.9 Å². The van der Waals surface area contributed by atoms with Gasteiger partial charge in [-0.3, -0.25) is 28.8 Å². The van der Waals surface area contributed by atoms with Crippen molar-refractivity contribution in [3.05, 3.63) is 227 Å². The highest BCUT2D eigenvalue weighted by Gasteiger charge is 2.32. The number of nitrogens with zero attached hydrogens (tertiary/aromatic N) is 9. The van der Waals surface area contributed by atoms with Crippen LogP contribution in [0.25, 0.3) is 83.2 Å². The minimum absolute atomic E-state index is 0.0297. The smallest absolute Gasteiger partial charge is 0.261 e. The Morgan fingerprint density at radius 1 is 0.454 bits per heavy atom. The van der Waals surface area contributed by atoms with Gasteiger partial charge >= 0.3 is 0 Å². The van der Waals surface area contributed by atoms with Crippen LogP contribution in [0, 0.1) is 40.4 Å². The average Bonchev–Trinajstić information content (AvgIpc) is 1.76. The molecular formula is C80H81FN18O9. The van der Waals surface area contributed by atoms with Gasteiger partial charge < -0.3 is 77.0 Å². The molecule has 0 bridgehead atoms. The number of rotatable bonds is 15. The highest BCUT2D eigenvalue weighted by atomic mass is 19.1. The van der Waals surface area contributed by atoms with Gasteiger partial charge in [0.2, 0.25) is 17.7 Å². The highest BCUT2D eigenvalue weighted by Crippen LogP contribution is 2.48. The molecule has 3 aliphatic heterocycles. The Morgan fingerprint density at radius 3 is 1.06 bits per heavy atom. The third kappa shape index (κ3) is 14.4. The van der Waals surface area contributed by atoms with Gasteiger partial charge in [-0.2, -0.15) is 15.3 Å². The van der Waals surface area contributed by atoms with Gasteiger partial charge in [0, 0.05) is 71.2 Å². The lowest BCUT2D eigenvalue weighted by molar-refractivity contribution is -0.112. The van der Waals surface area contributed by atoms with Crippen LogP contribution in [0.1, 0.15) is 44.9 Å². The number of halogens is 1. The van der Waals surface area contributed by atoms with Crippen molar-refractivity contribution in [2.75, 3.05) is 95.1 Å². The van der Waals surface area contributed by atoms with E-state index >= 15 is 0 Å². The van der Waals surface area contributed by atoms with Gasteiger partial charge in [-0.1, -0.05) is 85.0 Å². The number of carbonyl (C=O) groups is 3. The van der Waals surface area contributed by atoms with E-state index in [0.29, 0.717) is 109 Å². The quantitative estimate of drug-likeness (QED) is 0.0431. The fraction of sp³-hybridized carbons (Fsp3) is 0.212. The van der Waals surface area contributed by atoms with E-state index in [9.17, 15) is 33.2 Å². The molecular weight excluding hydrogens is 1380 g/mol. The van der Waals surface area contributed by atoms with Crippen LogP contribution in [-0.2, 0) is 34.2 Å². The molecule has 0 unspecified atom stereocenters. The fourth-order valence-electron chi connectivity index (χ4n) is 13.2. The molecule has 0 atom stereocenters. The molecule has 6 aromatic carbocycles. The number of H-pyrrole nitrogens is 3. The van der Waals surface area contributed by atoms with Crippen molar-refractivity contribution in [3.8, 4) is 67.7 Å². The number of ether oxygens (including phenoxy) is 3. The van der Waals surface area contributed by atoms with Crippen LogP contribution in [0.2, 0.25) is 0 Å². The number of amides is 3. The van der Waals surface area contributed by atoms with Crippen molar-refractivity contribution < 1.29 is 33.0 Å². The highest BCUT2D eigenvalue weighted by molar-refractivity contribution is 6.08. The number of carbonyl (C=O) groups excluding carboxylic acids is 3. The van der Waals surface area contributed by atoms with Crippen LogP contribution in [0.3, 0.4) is 0 Å². The number of nitrogens with two attached hydrogens (primary N) is 3. The molecule has 0 fully saturated rings. The first kappa shape index (κ1) is 73.1. The molecule has 15 rings (SSSR count). The van der Waals surface area contributed by atoms with Gasteiger partial charge in [0.1, 0.15) is 81.5 Å². The molecule has 9 heterocycles. The number of nitrogens with one attached hydrogen (secondary N) is 6. The first-order valence-electron chi connectivity index (χ1n) is 34.6. The van der Waals surface area contributed by atoms with E-state index in [1.54, 1.807) is 64.0 Å². The number of fused-ring (bicyclic) bond motifs is 15. The van der Waals surface area contributed by atoms with E-state index in [0.717, 1.165) is 61.4 Å². The Labute approximate surface area is 618 Å². The number of nitrogen functional groups attached to an aromatic ring is 3. The Bertz CT molecular complexity index is 5360. The van der Waals surface area contributed by atoms with Crippen LogP contribution >= 0.6 is 0 Å². The van der Waals surface area contributed by atoms with Gasteiger partial charge in [-0.25, -0.2) is 18.4 Å². The zero-order chi connectivity index (χ0) is 76.7. The molecule has 0 radical (unpaired) electrons. The number of aromatic nitrogens is 9. The third-order valence-electron chi connectivity index (χ3n) is 18.3. The van der Waals surface area contributed by atoms with E-state index in [1.165, 1.54) is 29.0 Å². The molecule has 0 aliphatic carbocycles. The zero-order valence-corrected chi connectivity index (χ0v) is 61.4. The van der Waals surface area contributed by atoms with E-state index < -0.39 is 11.4 Å². The summed E-state index contributed by atoms with van der Waals surface area (Å²) in [6, 6.07) is 32.9. The first-order chi connectivity index (χ1) is 51.7. The summed E-state index contributed by atoms with van der Waals surface area (Å²) < 4.78 is 37.1. The van der Waals surface area contributed by atoms with Crippen molar-refractivity contribution in [2.24, 2.45) is 0 Å². The maximum atomic E-state index is 14.7. The summed E-state index contributed by atoms with van der Waals surface area (Å²) in [4.78, 5) is 91.0. The summed E-state index contributed by atoms with van der Waals surface area (Å²) in [5.74, 6) is 0.739. The monoisotopic (exact) mass is 1460 g/mol. The number of anilines is 6. The summed E-state index contributed by atoms with van der Waals surface area (Å²) in [7, 11) is 11.5. The summed E-state index contributed by atoms with van der Waals surface area (Å²) in [5.41, 5.74) is 33.7. The first-order valence-corrected chi connectivity index (χ1v) is 34.6. The molecule has 3 amide bonds. The number of para-hydroxylation sites is 3. The Hall–Kier alpha value is -13.2. The molecule has 108 heavy (non-hydrogen) atoms. The number of aryl methyl sites for hydroxylation is 5. The summed E-state index contributed by atoms with van der Waals surface area (Å²) in [6.45, 7) is 12.0. The van der Waals surface area contributed by atoms with Crippen molar-refractivity contribution in [3.63, 3.8) is 0 Å². The van der Waals surface area contributed by atoms with Gasteiger partial charge in [0.25, 0.3) is 16.7 Å². The summed E-state index contributed by atoms with van der Waals surface area (Å²) in [6.07, 6.45) is 9.80. The number of benzene rings is 6. The minimum atomic E-state index is -0.513. The molecule has 12 aromatic rings. The topological polar surface area (TPSA) is 355 Å². The van der Waals surface area contributed by atoms with Gasteiger partial charge in [0.15, 0.2) is 17.2 Å². The normalized spacial score (nSPS) is 12.6. The molecule has 552 valence electrons. The number of hydrogen-bond donors (Lipinski definition) is 9. The van der Waals surface area contributed by atoms with Gasteiger partial charge in [-0.15, -0.1) is 0 Å². The summed E-state index contributed by atoms with van der Waals surface area (Å²) in [5, 5.41) is 23.7. The number of hydrogen-bond acceptors (Lipinski definition) is 18. The second-order valence-electron chi connectivity index (χ2n) is 27.4. The fourth-order valence-corrected chi connectivity index (χ4v) is 13.2. The van der Waals surface area contributed by atoms with Crippen LogP contribution in [0.5, 0.6) is 17.2 Å². The molecule has 0 spiro atoms. The van der Waals surface area contributed by atoms with E-state index in [4.69, 9.17) is 41.6 Å². The lowest BCUT2D eigenvalue weighted by Gasteiger charge is -2.23. The molecule has 0 saturated heterocycles. The minimum Gasteiger partial charge on any atom is -0.485 e. The zero-order valence-electron chi connectivity index (χ0n) is 61.4. The largest absolute Gasteiger partial charge is 0.485 e. The molecule has 12 N–H and O–H groups in total. The number of aromatic amines is 3. The van der Waals surface area contributed by atoms with Crippen molar-refractivity contribution in [1.82, 2.24) is 59.0 Å². The molecule has 27 nitrogen and oxygen atoms in total. The number of likely N-dealkylation sites (N-methyl/N-ethyl adjacent to an activating group) is 3. The standard InChI is InChI=1S/2C27H28N6O3.C26H25FN6O3/c2*1-15-10-11-16(2)20(13-15)33-26(28)23-24(31-33)22-17-7-5-8-18(29-21(34)9-6-12-32(3)4)25(17)36-14-19(22)30-27(23)35;1-14-9-10-16(27)19(12-14)33-25(28)22-23(31-33)21-15-6-4-7-17(29-20(34)8-5-11-32(2)3)24(15)36-13-18(21)30-26(22)35/h2*5-11,13H,12,14,28H2,1-4H3,(H,29,34)(H,30,35);4-10,12H,11,13,28H2,1-3H3,(H,29,34)(H,30,35)/b2*9-6+;8-5+. The second kappa shape index (κ2) is 30.1. The molecule has 0 saturated carbocycles. The van der Waals surface area contributed by atoms with E-state index in [-0.39, 0.29) is 77.2 Å². The third-order valence-corrected chi connectivity index (χ3v) is 18.3. The Balaban J connectivity index is 0.000000143. The van der Waals surface area contributed by atoms with E-state index in [1.807, 2.05) is 158 Å². The maximum absolute atomic E-state index is 14.7. The van der Waals surface area contributed by atoms with Crippen molar-refractivity contribution in [2.45, 2.75) is 54.4 Å². The lowest BCUT2D eigenvalue weighted by atomic mass is 9.98. The van der Waals surface area contributed by atoms with Gasteiger partial charge in [0.05, 0.1) is 45.5 Å². The second-order valence-corrected chi connectivity index (χ2v) is 27.4. The van der Waals surface area contributed by atoms with Crippen molar-refractivity contribution in [1.29, 1.82) is 0 Å². The number of pyridine rings is 3. The SMILES string of the molecule is Cc1ccc(C)c(-n2nc3c4c([nH]c(=O)c3c2N)COc2c(NC(=O)/C=C/CN(C)C)cccc2-4)c1.Cc1ccc(C)c(-n2nc3c4c([nH]c(=O)c3c2N)COc2c(NC(=O)/C=C/CN(C)C)cccc2-4)c1.Cc1ccc(F)c(-n2nc3c4c([nH]c(=O)c3c2N)COc2c(NC(=O)/C=C/CN(C)C)cccc2-4)c1. The van der Waals surface area contributed by atoms with E-state index in [2.05, 4.69) is 36.0 Å². The van der Waals surface area contributed by atoms with Crippen LogP contribution < -0.4 is 64.0 Å². The molecule has 28 heteroatoms. The predicted octanol–water partition coefficient (Wildman–Crippen LogP) is 10.4. The van der Waals surface area contributed by atoms with Crippen LogP contribution in [0.15, 0.2) is 160 Å². The average molecular weight is 1460 g/mol. The Kier molecular flexibility index (Phi) is 20.4.